The van der Waals surface area contributed by atoms with E-state index in [4.69, 9.17) is 4.63 Å². The monoisotopic (exact) mass is 657 g/mol. The molecule has 13 heteroatoms. The van der Waals surface area contributed by atoms with Crippen LogP contribution in [0.1, 0.15) is 66.8 Å². The Morgan fingerprint density at radius 1 is 1.00 bits per heavy atom. The summed E-state index contributed by atoms with van der Waals surface area (Å²) >= 11 is 0. The number of nitrogens with zero attached hydrogens (tertiary/aromatic N) is 3. The average Bonchev–Trinajstić information content (AvgIpc) is 3.95. The van der Waals surface area contributed by atoms with Crippen LogP contribution >= 0.6 is 0 Å². The van der Waals surface area contributed by atoms with Gasteiger partial charge in [-0.3, -0.25) is 14.4 Å². The topological polar surface area (TPSA) is 159 Å². The Hall–Kier alpha value is -4.81. The molecule has 2 heterocycles. The second-order valence-electron chi connectivity index (χ2n) is 14.1. The number of amides is 5. The van der Waals surface area contributed by atoms with E-state index >= 15 is 0 Å². The summed E-state index contributed by atoms with van der Waals surface area (Å²) in [6.07, 6.45) is 4.47. The van der Waals surface area contributed by atoms with Crippen LogP contribution in [0.15, 0.2) is 47.1 Å². The first kappa shape index (κ1) is 31.8. The zero-order valence-corrected chi connectivity index (χ0v) is 27.2. The van der Waals surface area contributed by atoms with Gasteiger partial charge in [0.1, 0.15) is 23.1 Å². The molecule has 2 saturated carbocycles. The van der Waals surface area contributed by atoms with Gasteiger partial charge in [0, 0.05) is 25.1 Å². The van der Waals surface area contributed by atoms with Crippen molar-refractivity contribution < 1.29 is 28.2 Å². The number of anilines is 2. The van der Waals surface area contributed by atoms with E-state index in [2.05, 4.69) is 31.6 Å². The fraction of sp³-hybridized carbons (Fsp3) is 0.486. The number of hydrogen-bond acceptors (Lipinski definition) is 7. The smallest absolute Gasteiger partial charge is 0.318 e. The molecule has 48 heavy (non-hydrogen) atoms. The maximum Gasteiger partial charge on any atom is 0.318 e. The molecule has 0 radical (unpaired) electrons. The standard InChI is InChI=1S/C35H40FN7O5/c1-18(2)27-17-43(34(47)39-27)35(33(46)38-26-7-5-4-6-25(26)36)15-22-12-13-24(14-23(22)16-35)37-32(45)30(28(20-8-9-20)21-10-11-21)40-31(44)29-19(3)41-48-42-29/h4-7,12-14,18,20-21,27-28,30H,8-11,15-17H2,1-3H3,(H,37,45)(H,38,46)(H,39,47)(H,40,44)/t27-,30-,35?/m0/s1. The minimum absolute atomic E-state index is 0.000790. The van der Waals surface area contributed by atoms with Crippen molar-refractivity contribution in [1.82, 2.24) is 25.8 Å². The largest absolute Gasteiger partial charge is 0.338 e. The first-order valence-corrected chi connectivity index (χ1v) is 16.7. The third-order valence-corrected chi connectivity index (χ3v) is 10.4. The number of fused-ring (bicyclic) bond motifs is 1. The van der Waals surface area contributed by atoms with E-state index in [0.717, 1.165) is 36.8 Å². The molecule has 0 spiro atoms. The molecular weight excluding hydrogens is 617 g/mol. The van der Waals surface area contributed by atoms with Crippen molar-refractivity contribution in [3.63, 3.8) is 0 Å². The number of carbonyl (C=O) groups excluding carboxylic acids is 4. The van der Waals surface area contributed by atoms with E-state index in [9.17, 15) is 23.6 Å². The second-order valence-corrected chi connectivity index (χ2v) is 14.1. The van der Waals surface area contributed by atoms with Crippen LogP contribution < -0.4 is 21.3 Å². The zero-order valence-electron chi connectivity index (χ0n) is 27.2. The van der Waals surface area contributed by atoms with Gasteiger partial charge in [-0.15, -0.1) is 0 Å². The maximum absolute atomic E-state index is 14.6. The van der Waals surface area contributed by atoms with E-state index in [1.807, 2.05) is 26.0 Å². The molecule has 3 aromatic rings. The number of hydrogen-bond donors (Lipinski definition) is 4. The van der Waals surface area contributed by atoms with Crippen LogP contribution in [-0.4, -0.2) is 63.1 Å². The van der Waals surface area contributed by atoms with E-state index in [1.165, 1.54) is 12.1 Å². The highest BCUT2D eigenvalue weighted by atomic mass is 19.1. The molecular formula is C35H40FN7O5. The van der Waals surface area contributed by atoms with Crippen LogP contribution in [0.5, 0.6) is 0 Å². The number of nitrogens with one attached hydrogen (secondary N) is 4. The van der Waals surface area contributed by atoms with Crippen LogP contribution in [-0.2, 0) is 22.4 Å². The number of rotatable bonds is 11. The fourth-order valence-corrected chi connectivity index (χ4v) is 7.41. The summed E-state index contributed by atoms with van der Waals surface area (Å²) in [4.78, 5) is 56.3. The van der Waals surface area contributed by atoms with Crippen molar-refractivity contribution in [1.29, 1.82) is 0 Å². The molecule has 1 aromatic heterocycles. The minimum Gasteiger partial charge on any atom is -0.338 e. The quantitative estimate of drug-likeness (QED) is 0.240. The lowest BCUT2D eigenvalue weighted by atomic mass is 9.88. The molecule has 12 nitrogen and oxygen atoms in total. The van der Waals surface area contributed by atoms with Crippen molar-refractivity contribution in [3.8, 4) is 0 Å². The Morgan fingerprint density at radius 2 is 1.71 bits per heavy atom. The van der Waals surface area contributed by atoms with Gasteiger partial charge >= 0.3 is 6.03 Å². The molecule has 1 aliphatic heterocycles. The van der Waals surface area contributed by atoms with Crippen molar-refractivity contribution in [2.75, 3.05) is 17.2 Å². The second kappa shape index (κ2) is 12.3. The molecule has 5 amide bonds. The average molecular weight is 658 g/mol. The molecule has 1 unspecified atom stereocenters. The number of aryl methyl sites for hydroxylation is 1. The Kier molecular flexibility index (Phi) is 8.16. The molecule has 2 aromatic carbocycles. The van der Waals surface area contributed by atoms with Gasteiger partial charge in [0.05, 0.1) is 11.7 Å². The van der Waals surface area contributed by atoms with E-state index in [0.29, 0.717) is 29.8 Å². The van der Waals surface area contributed by atoms with Crippen molar-refractivity contribution in [2.45, 2.75) is 76.9 Å². The predicted molar refractivity (Wildman–Crippen MR) is 173 cm³/mol. The normalized spacial score (nSPS) is 22.4. The molecule has 0 bridgehead atoms. The molecule has 252 valence electrons. The third-order valence-electron chi connectivity index (χ3n) is 10.4. The van der Waals surface area contributed by atoms with Gasteiger partial charge in [-0.2, -0.15) is 0 Å². The fourth-order valence-electron chi connectivity index (χ4n) is 7.41. The zero-order chi connectivity index (χ0) is 33.7. The van der Waals surface area contributed by atoms with Crippen LogP contribution in [0.3, 0.4) is 0 Å². The Labute approximate surface area is 277 Å². The molecule has 3 fully saturated rings. The maximum atomic E-state index is 14.6. The molecule has 4 N–H and O–H groups in total. The SMILES string of the molecule is Cc1nonc1C(=O)N[C@H](C(=O)Nc1ccc2c(c1)CC(C(=O)Nc1ccccc1F)(N1C[C@@H](C(C)C)NC1=O)C2)C(C1CC1)C1CC1. The minimum atomic E-state index is -1.32. The molecule has 1 saturated heterocycles. The van der Waals surface area contributed by atoms with E-state index in [1.54, 1.807) is 30.0 Å². The van der Waals surface area contributed by atoms with E-state index < -0.39 is 29.2 Å². The summed E-state index contributed by atoms with van der Waals surface area (Å²) < 4.78 is 19.4. The van der Waals surface area contributed by atoms with Crippen LogP contribution in [0.25, 0.3) is 0 Å². The summed E-state index contributed by atoms with van der Waals surface area (Å²) in [6.45, 7) is 5.96. The highest BCUT2D eigenvalue weighted by molar-refractivity contribution is 6.03. The molecule has 7 rings (SSSR count). The summed E-state index contributed by atoms with van der Waals surface area (Å²) in [5, 5.41) is 19.2. The molecule has 4 aliphatic rings. The van der Waals surface area contributed by atoms with Crippen molar-refractivity contribution >= 4 is 35.1 Å². The van der Waals surface area contributed by atoms with Crippen LogP contribution in [0.2, 0.25) is 0 Å². The number of para-hydroxylation sites is 1. The first-order chi connectivity index (χ1) is 23.0. The number of aromatic nitrogens is 2. The highest BCUT2D eigenvalue weighted by Crippen LogP contribution is 2.51. The van der Waals surface area contributed by atoms with Gasteiger partial charge < -0.3 is 26.2 Å². The van der Waals surface area contributed by atoms with Gasteiger partial charge in [0.2, 0.25) is 5.91 Å². The van der Waals surface area contributed by atoms with E-state index in [-0.39, 0.29) is 54.0 Å². The number of halogens is 1. The summed E-state index contributed by atoms with van der Waals surface area (Å²) in [7, 11) is 0. The number of urea groups is 1. The molecule has 3 aliphatic carbocycles. The predicted octanol–water partition coefficient (Wildman–Crippen LogP) is 4.22. The Morgan fingerprint density at radius 3 is 2.33 bits per heavy atom. The lowest BCUT2D eigenvalue weighted by Crippen LogP contribution is -2.59. The van der Waals surface area contributed by atoms with Gasteiger partial charge in [-0.05, 0) is 96.8 Å². The van der Waals surface area contributed by atoms with Gasteiger partial charge in [0.15, 0.2) is 5.69 Å². The lowest BCUT2D eigenvalue weighted by molar-refractivity contribution is -0.125. The first-order valence-electron chi connectivity index (χ1n) is 16.7. The Bertz CT molecular complexity index is 1760. The lowest BCUT2D eigenvalue weighted by Gasteiger charge is -2.36. The van der Waals surface area contributed by atoms with Gasteiger partial charge in [-0.1, -0.05) is 37.2 Å². The third kappa shape index (κ3) is 6.01. The van der Waals surface area contributed by atoms with Crippen LogP contribution in [0.4, 0.5) is 20.6 Å². The summed E-state index contributed by atoms with van der Waals surface area (Å²) in [5.74, 6) is -1.03. The number of carbonyl (C=O) groups is 4. The number of benzene rings is 2. The van der Waals surface area contributed by atoms with Gasteiger partial charge in [0.25, 0.3) is 11.8 Å². The summed E-state index contributed by atoms with van der Waals surface area (Å²) in [5.41, 5.74) is 1.27. The van der Waals surface area contributed by atoms with Gasteiger partial charge in [-0.25, -0.2) is 13.8 Å². The summed E-state index contributed by atoms with van der Waals surface area (Å²) in [6, 6.07) is 10.1. The Balaban J connectivity index is 1.15. The van der Waals surface area contributed by atoms with Crippen LogP contribution in [0, 0.1) is 36.4 Å². The van der Waals surface area contributed by atoms with Crippen molar-refractivity contribution in [2.24, 2.45) is 23.7 Å². The van der Waals surface area contributed by atoms with Crippen molar-refractivity contribution in [3.05, 3.63) is 70.8 Å². The molecule has 3 atom stereocenters. The highest BCUT2D eigenvalue weighted by Gasteiger charge is 2.54.